The molecule has 0 radical (unpaired) electrons. The first-order chi connectivity index (χ1) is 15.2. The summed E-state index contributed by atoms with van der Waals surface area (Å²) in [7, 11) is 1.66. The zero-order valence-corrected chi connectivity index (χ0v) is 17.9. The summed E-state index contributed by atoms with van der Waals surface area (Å²) in [6.45, 7) is 2.54. The molecule has 0 amide bonds. The number of aromatic nitrogens is 2. The molecule has 31 heavy (non-hydrogen) atoms. The lowest BCUT2D eigenvalue weighted by Gasteiger charge is -2.37. The van der Waals surface area contributed by atoms with Crippen molar-refractivity contribution in [3.63, 3.8) is 0 Å². The maximum Gasteiger partial charge on any atom is 0.161 e. The molecule has 1 N–H and O–H groups in total. The van der Waals surface area contributed by atoms with Gasteiger partial charge in [-0.2, -0.15) is 0 Å². The van der Waals surface area contributed by atoms with Gasteiger partial charge in [-0.15, -0.1) is 0 Å². The van der Waals surface area contributed by atoms with Gasteiger partial charge in [-0.3, -0.25) is 4.99 Å². The number of benzene rings is 2. The summed E-state index contributed by atoms with van der Waals surface area (Å²) >= 11 is 0. The molecule has 3 unspecified atom stereocenters. The van der Waals surface area contributed by atoms with Gasteiger partial charge in [-0.25, -0.2) is 4.98 Å². The Balaban J connectivity index is 1.61. The molecule has 0 saturated heterocycles. The van der Waals surface area contributed by atoms with E-state index in [1.54, 1.807) is 19.6 Å². The van der Waals surface area contributed by atoms with Crippen molar-refractivity contribution in [2.24, 2.45) is 4.99 Å². The highest BCUT2D eigenvalue weighted by molar-refractivity contribution is 6.15. The number of aliphatic hydroxyl groups is 1. The Kier molecular flexibility index (Phi) is 5.24. The molecule has 2 aromatic carbocycles. The Morgan fingerprint density at radius 2 is 1.97 bits per heavy atom. The Labute approximate surface area is 182 Å². The van der Waals surface area contributed by atoms with Gasteiger partial charge >= 0.3 is 0 Å². The molecule has 1 aromatic heterocycles. The molecule has 0 bridgehead atoms. The van der Waals surface area contributed by atoms with Gasteiger partial charge in [0.2, 0.25) is 0 Å². The highest BCUT2D eigenvalue weighted by Gasteiger charge is 2.37. The molecule has 1 aliphatic carbocycles. The lowest BCUT2D eigenvalue weighted by atomic mass is 9.74. The maximum absolute atomic E-state index is 10.3. The molecule has 6 nitrogen and oxygen atoms in total. The molecule has 5 rings (SSSR count). The number of methoxy groups -OCH3 is 1. The zero-order valence-electron chi connectivity index (χ0n) is 17.9. The molecule has 6 heteroatoms. The molecular weight excluding hydrogens is 390 g/mol. The third-order valence-corrected chi connectivity index (χ3v) is 6.31. The summed E-state index contributed by atoms with van der Waals surface area (Å²) in [5, 5.41) is 10.3. The third-order valence-electron chi connectivity index (χ3n) is 6.31. The highest BCUT2D eigenvalue weighted by atomic mass is 16.5. The van der Waals surface area contributed by atoms with Crippen molar-refractivity contribution in [2.45, 2.75) is 44.2 Å². The van der Waals surface area contributed by atoms with Crippen molar-refractivity contribution in [1.82, 2.24) is 9.55 Å². The maximum atomic E-state index is 10.3. The van der Waals surface area contributed by atoms with Crippen LogP contribution in [0.4, 0.5) is 0 Å². The van der Waals surface area contributed by atoms with E-state index in [0.717, 1.165) is 47.5 Å². The fourth-order valence-corrected chi connectivity index (χ4v) is 4.81. The number of fused-ring (bicyclic) bond motifs is 3. The van der Waals surface area contributed by atoms with E-state index in [1.165, 1.54) is 5.56 Å². The number of nitrogens with zero attached hydrogens (tertiary/aromatic N) is 3. The molecule has 3 atom stereocenters. The third kappa shape index (κ3) is 3.61. The van der Waals surface area contributed by atoms with Crippen LogP contribution in [-0.2, 0) is 0 Å². The molecule has 1 saturated carbocycles. The number of hydrogen-bond acceptors (Lipinski definition) is 5. The Bertz CT molecular complexity index is 1090. The number of ether oxygens (including phenoxy) is 2. The highest BCUT2D eigenvalue weighted by Crippen LogP contribution is 2.45. The Morgan fingerprint density at radius 1 is 1.13 bits per heavy atom. The van der Waals surface area contributed by atoms with Gasteiger partial charge in [-0.05, 0) is 56.0 Å². The van der Waals surface area contributed by atoms with Crippen LogP contribution in [0.3, 0.4) is 0 Å². The van der Waals surface area contributed by atoms with E-state index in [0.29, 0.717) is 12.4 Å². The van der Waals surface area contributed by atoms with Crippen molar-refractivity contribution in [2.75, 3.05) is 13.7 Å². The van der Waals surface area contributed by atoms with Gasteiger partial charge in [0, 0.05) is 35.1 Å². The predicted octanol–water partition coefficient (Wildman–Crippen LogP) is 4.13. The van der Waals surface area contributed by atoms with Gasteiger partial charge in [-0.1, -0.05) is 12.1 Å². The van der Waals surface area contributed by atoms with E-state index in [2.05, 4.69) is 35.3 Å². The van der Waals surface area contributed by atoms with E-state index in [4.69, 9.17) is 14.5 Å². The molecule has 1 fully saturated rings. The lowest BCUT2D eigenvalue weighted by Crippen LogP contribution is -2.34. The number of aliphatic hydroxyl groups excluding tert-OH is 1. The monoisotopic (exact) mass is 417 g/mol. The van der Waals surface area contributed by atoms with Gasteiger partial charge < -0.3 is 19.1 Å². The molecule has 2 aliphatic rings. The largest absolute Gasteiger partial charge is 0.493 e. The van der Waals surface area contributed by atoms with E-state index >= 15 is 0 Å². The van der Waals surface area contributed by atoms with Crippen LogP contribution in [0, 0.1) is 0 Å². The first kappa shape index (κ1) is 19.8. The summed E-state index contributed by atoms with van der Waals surface area (Å²) in [6.07, 6.45) is 7.62. The average Bonchev–Trinajstić information content (AvgIpc) is 3.34. The van der Waals surface area contributed by atoms with Crippen LogP contribution in [0.25, 0.3) is 5.69 Å². The average molecular weight is 418 g/mol. The minimum Gasteiger partial charge on any atom is -0.493 e. The van der Waals surface area contributed by atoms with Crippen molar-refractivity contribution >= 4 is 5.71 Å². The number of imidazole rings is 1. The minimum atomic E-state index is -0.280. The van der Waals surface area contributed by atoms with Crippen LogP contribution in [0.15, 0.2) is 60.1 Å². The predicted molar refractivity (Wildman–Crippen MR) is 120 cm³/mol. The van der Waals surface area contributed by atoms with E-state index in [1.807, 2.05) is 23.8 Å². The normalized spacial score (nSPS) is 22.3. The molecule has 160 valence electrons. The molecule has 1 aliphatic heterocycles. The van der Waals surface area contributed by atoms with Crippen LogP contribution in [0.1, 0.15) is 48.8 Å². The number of rotatable bonds is 5. The molecule has 3 aromatic rings. The fraction of sp³-hybridized carbons (Fsp3) is 0.360. The van der Waals surface area contributed by atoms with Crippen LogP contribution in [0.5, 0.6) is 11.5 Å². The van der Waals surface area contributed by atoms with Gasteiger partial charge in [0.1, 0.15) is 0 Å². The van der Waals surface area contributed by atoms with Gasteiger partial charge in [0.15, 0.2) is 11.5 Å². The fourth-order valence-electron chi connectivity index (χ4n) is 4.81. The second kappa shape index (κ2) is 8.19. The van der Waals surface area contributed by atoms with Crippen LogP contribution in [-0.4, -0.2) is 46.2 Å². The quantitative estimate of drug-likeness (QED) is 0.678. The first-order valence-corrected chi connectivity index (χ1v) is 10.9. The minimum absolute atomic E-state index is 0.169. The first-order valence-electron chi connectivity index (χ1n) is 10.9. The van der Waals surface area contributed by atoms with Crippen LogP contribution in [0.2, 0.25) is 0 Å². The van der Waals surface area contributed by atoms with Crippen molar-refractivity contribution in [3.05, 3.63) is 71.8 Å². The topological polar surface area (TPSA) is 68.9 Å². The van der Waals surface area contributed by atoms with E-state index in [9.17, 15) is 5.11 Å². The second-order valence-corrected chi connectivity index (χ2v) is 8.16. The zero-order chi connectivity index (χ0) is 21.4. The summed E-state index contributed by atoms with van der Waals surface area (Å²) in [6, 6.07) is 12.7. The van der Waals surface area contributed by atoms with Gasteiger partial charge in [0.05, 0.1) is 37.9 Å². The summed E-state index contributed by atoms with van der Waals surface area (Å²) in [5.41, 5.74) is 5.36. The molecule has 2 heterocycles. The van der Waals surface area contributed by atoms with Gasteiger partial charge in [0.25, 0.3) is 0 Å². The molecule has 0 spiro atoms. The van der Waals surface area contributed by atoms with E-state index in [-0.39, 0.29) is 18.1 Å². The van der Waals surface area contributed by atoms with Crippen LogP contribution >= 0.6 is 0 Å². The number of hydrogen-bond donors (Lipinski definition) is 1. The number of aliphatic imine (C=N–C) groups is 1. The van der Waals surface area contributed by atoms with Crippen molar-refractivity contribution in [1.29, 1.82) is 0 Å². The lowest BCUT2D eigenvalue weighted by molar-refractivity contribution is 0.111. The summed E-state index contributed by atoms with van der Waals surface area (Å²) < 4.78 is 13.5. The van der Waals surface area contributed by atoms with Crippen molar-refractivity contribution in [3.8, 4) is 17.2 Å². The Morgan fingerprint density at radius 3 is 2.68 bits per heavy atom. The standard InChI is InChI=1S/C25H27N3O3/c1-3-31-24-13-19-20-12-18(29)8-9-22(20)27-25(21(19)14-23(24)30-2)16-4-6-17(7-5-16)28-11-10-26-15-28/h4-7,10-11,13-15,18,20,22,29H,3,8-9,12H2,1-2H3. The smallest absolute Gasteiger partial charge is 0.161 e. The Hall–Kier alpha value is -3.12. The van der Waals surface area contributed by atoms with Crippen LogP contribution < -0.4 is 9.47 Å². The molecular formula is C25H27N3O3. The SMILES string of the molecule is CCOc1cc2c(cc1OC)C(c1ccc(-n3ccnc3)cc1)=NC1CCC(O)CC21. The van der Waals surface area contributed by atoms with Crippen molar-refractivity contribution < 1.29 is 14.6 Å². The summed E-state index contributed by atoms with van der Waals surface area (Å²) in [5.74, 6) is 1.65. The summed E-state index contributed by atoms with van der Waals surface area (Å²) in [4.78, 5) is 9.31. The van der Waals surface area contributed by atoms with E-state index < -0.39 is 0 Å². The second-order valence-electron chi connectivity index (χ2n) is 8.16.